The molecule has 0 spiro atoms. The highest BCUT2D eigenvalue weighted by molar-refractivity contribution is 7.80. The Morgan fingerprint density at radius 1 is 1.11 bits per heavy atom. The van der Waals surface area contributed by atoms with E-state index >= 15 is 0 Å². The number of rotatable bonds is 3. The predicted octanol–water partition coefficient (Wildman–Crippen LogP) is 4.12. The lowest BCUT2D eigenvalue weighted by Crippen LogP contribution is -2.26. The molecule has 1 N–H and O–H groups in total. The van der Waals surface area contributed by atoms with Gasteiger partial charge in [-0.05, 0) is 48.9 Å². The van der Waals surface area contributed by atoms with E-state index in [4.69, 9.17) is 11.6 Å². The maximum atomic E-state index is 12.0. The van der Waals surface area contributed by atoms with Crippen molar-refractivity contribution in [2.24, 2.45) is 0 Å². The van der Waals surface area contributed by atoms with E-state index in [-0.39, 0.29) is 11.9 Å². The summed E-state index contributed by atoms with van der Waals surface area (Å²) in [6.45, 7) is 1.94. The predicted molar refractivity (Wildman–Crippen MR) is 81.0 cm³/mol. The van der Waals surface area contributed by atoms with Crippen LogP contribution in [-0.4, -0.2) is 5.91 Å². The molecule has 0 radical (unpaired) electrons. The van der Waals surface area contributed by atoms with Gasteiger partial charge in [-0.25, -0.2) is 0 Å². The molecule has 2 aromatic rings. The summed E-state index contributed by atoms with van der Waals surface area (Å²) >= 11 is 10.0. The minimum absolute atomic E-state index is 0.0690. The number of carbonyl (C=O) groups is 1. The average molecular weight is 292 g/mol. The Morgan fingerprint density at radius 3 is 2.26 bits per heavy atom. The van der Waals surface area contributed by atoms with Gasteiger partial charge in [-0.2, -0.15) is 0 Å². The third-order valence-electron chi connectivity index (χ3n) is 2.85. The van der Waals surface area contributed by atoms with Crippen molar-refractivity contribution in [3.05, 3.63) is 64.7 Å². The monoisotopic (exact) mass is 291 g/mol. The maximum Gasteiger partial charge on any atom is 0.251 e. The van der Waals surface area contributed by atoms with Crippen LogP contribution in [0.1, 0.15) is 28.9 Å². The Hall–Kier alpha value is -1.45. The SMILES string of the molecule is CC(NC(=O)c1ccc(S)cc1)c1ccc(Cl)cc1. The van der Waals surface area contributed by atoms with Gasteiger partial charge in [-0.15, -0.1) is 12.6 Å². The van der Waals surface area contributed by atoms with Gasteiger partial charge in [0.05, 0.1) is 6.04 Å². The van der Waals surface area contributed by atoms with Crippen LogP contribution in [0.15, 0.2) is 53.4 Å². The van der Waals surface area contributed by atoms with Crippen molar-refractivity contribution in [3.63, 3.8) is 0 Å². The lowest BCUT2D eigenvalue weighted by Gasteiger charge is -2.14. The largest absolute Gasteiger partial charge is 0.346 e. The second-order valence-corrected chi connectivity index (χ2v) is 5.25. The van der Waals surface area contributed by atoms with E-state index in [0.717, 1.165) is 10.5 Å². The molecule has 1 atom stereocenters. The van der Waals surface area contributed by atoms with Crippen LogP contribution in [0.25, 0.3) is 0 Å². The molecule has 0 bridgehead atoms. The lowest BCUT2D eigenvalue weighted by atomic mass is 10.1. The zero-order valence-electron chi connectivity index (χ0n) is 10.4. The summed E-state index contributed by atoms with van der Waals surface area (Å²) in [5, 5.41) is 3.63. The van der Waals surface area contributed by atoms with E-state index in [1.54, 1.807) is 24.3 Å². The third-order valence-corrected chi connectivity index (χ3v) is 3.40. The molecule has 0 saturated heterocycles. The first kappa shape index (κ1) is 14.0. The zero-order valence-corrected chi connectivity index (χ0v) is 12.1. The van der Waals surface area contributed by atoms with Crippen LogP contribution < -0.4 is 5.32 Å². The standard InChI is InChI=1S/C15H14ClNOS/c1-10(11-2-6-13(16)7-3-11)17-15(18)12-4-8-14(19)9-5-12/h2-10,19H,1H3,(H,17,18). The Morgan fingerprint density at radius 2 is 1.68 bits per heavy atom. The summed E-state index contributed by atoms with van der Waals surface area (Å²) in [6, 6.07) is 14.5. The maximum absolute atomic E-state index is 12.0. The molecule has 0 aliphatic rings. The van der Waals surface area contributed by atoms with Gasteiger partial charge in [-0.3, -0.25) is 4.79 Å². The highest BCUT2D eigenvalue weighted by atomic mass is 35.5. The fourth-order valence-corrected chi connectivity index (χ4v) is 2.00. The van der Waals surface area contributed by atoms with Crippen molar-refractivity contribution >= 4 is 30.1 Å². The summed E-state index contributed by atoms with van der Waals surface area (Å²) in [5.41, 5.74) is 1.64. The van der Waals surface area contributed by atoms with Gasteiger partial charge in [0.1, 0.15) is 0 Å². The molecule has 2 nitrogen and oxygen atoms in total. The van der Waals surface area contributed by atoms with Gasteiger partial charge in [0.25, 0.3) is 5.91 Å². The average Bonchev–Trinajstić information content (AvgIpc) is 2.40. The van der Waals surface area contributed by atoms with E-state index in [1.807, 2.05) is 31.2 Å². The number of amides is 1. The molecule has 0 heterocycles. The number of benzene rings is 2. The molecule has 4 heteroatoms. The minimum Gasteiger partial charge on any atom is -0.346 e. The minimum atomic E-state index is -0.101. The van der Waals surface area contributed by atoms with E-state index in [0.29, 0.717) is 10.6 Å². The normalized spacial score (nSPS) is 11.9. The first-order valence-electron chi connectivity index (χ1n) is 5.91. The van der Waals surface area contributed by atoms with Gasteiger partial charge < -0.3 is 5.32 Å². The van der Waals surface area contributed by atoms with Crippen LogP contribution in [0.4, 0.5) is 0 Å². The summed E-state index contributed by atoms with van der Waals surface area (Å²) < 4.78 is 0. The smallest absolute Gasteiger partial charge is 0.251 e. The Bertz CT molecular complexity index is 566. The molecule has 19 heavy (non-hydrogen) atoms. The molecule has 2 aromatic carbocycles. The molecular formula is C15H14ClNOS. The fourth-order valence-electron chi connectivity index (χ4n) is 1.73. The van der Waals surface area contributed by atoms with Crippen LogP contribution in [-0.2, 0) is 0 Å². The first-order valence-corrected chi connectivity index (χ1v) is 6.74. The summed E-state index contributed by atoms with van der Waals surface area (Å²) in [6.07, 6.45) is 0. The summed E-state index contributed by atoms with van der Waals surface area (Å²) in [5.74, 6) is -0.101. The number of thiol groups is 1. The summed E-state index contributed by atoms with van der Waals surface area (Å²) in [4.78, 5) is 12.9. The van der Waals surface area contributed by atoms with Crippen molar-refractivity contribution in [1.82, 2.24) is 5.32 Å². The molecule has 0 fully saturated rings. The number of hydrogen-bond acceptors (Lipinski definition) is 2. The van der Waals surface area contributed by atoms with Gasteiger partial charge >= 0.3 is 0 Å². The third kappa shape index (κ3) is 3.75. The highest BCUT2D eigenvalue weighted by Crippen LogP contribution is 2.17. The molecule has 0 saturated carbocycles. The number of carbonyl (C=O) groups excluding carboxylic acids is 1. The molecule has 98 valence electrons. The zero-order chi connectivity index (χ0) is 13.8. The number of hydrogen-bond donors (Lipinski definition) is 2. The van der Waals surface area contributed by atoms with Crippen molar-refractivity contribution in [1.29, 1.82) is 0 Å². The Labute approximate surface area is 123 Å². The van der Waals surface area contributed by atoms with Crippen LogP contribution in [0.3, 0.4) is 0 Å². The topological polar surface area (TPSA) is 29.1 Å². The van der Waals surface area contributed by atoms with Crippen LogP contribution in [0, 0.1) is 0 Å². The fraction of sp³-hybridized carbons (Fsp3) is 0.133. The summed E-state index contributed by atoms with van der Waals surface area (Å²) in [7, 11) is 0. The van der Waals surface area contributed by atoms with Crippen molar-refractivity contribution in [2.45, 2.75) is 17.9 Å². The molecule has 1 unspecified atom stereocenters. The molecule has 1 amide bonds. The van der Waals surface area contributed by atoms with E-state index in [9.17, 15) is 4.79 Å². The molecular weight excluding hydrogens is 278 g/mol. The van der Waals surface area contributed by atoms with Crippen molar-refractivity contribution < 1.29 is 4.79 Å². The number of nitrogens with one attached hydrogen (secondary N) is 1. The van der Waals surface area contributed by atoms with E-state index in [2.05, 4.69) is 17.9 Å². The highest BCUT2D eigenvalue weighted by Gasteiger charge is 2.11. The molecule has 2 rings (SSSR count). The molecule has 0 aromatic heterocycles. The van der Waals surface area contributed by atoms with Gasteiger partial charge in [-0.1, -0.05) is 23.7 Å². The van der Waals surface area contributed by atoms with Crippen molar-refractivity contribution in [3.8, 4) is 0 Å². The van der Waals surface area contributed by atoms with Gasteiger partial charge in [0.2, 0.25) is 0 Å². The number of halogens is 1. The van der Waals surface area contributed by atoms with Gasteiger partial charge in [0, 0.05) is 15.5 Å². The van der Waals surface area contributed by atoms with Crippen LogP contribution in [0.2, 0.25) is 5.02 Å². The lowest BCUT2D eigenvalue weighted by molar-refractivity contribution is 0.0940. The van der Waals surface area contributed by atoms with Gasteiger partial charge in [0.15, 0.2) is 0 Å². The van der Waals surface area contributed by atoms with Crippen LogP contribution in [0.5, 0.6) is 0 Å². The van der Waals surface area contributed by atoms with Crippen LogP contribution >= 0.6 is 24.2 Å². The van der Waals surface area contributed by atoms with E-state index in [1.165, 1.54) is 0 Å². The second kappa shape index (κ2) is 6.13. The molecule has 0 aliphatic carbocycles. The molecule has 0 aliphatic heterocycles. The Balaban J connectivity index is 2.06. The van der Waals surface area contributed by atoms with Crippen molar-refractivity contribution in [2.75, 3.05) is 0 Å². The first-order chi connectivity index (χ1) is 9.06. The second-order valence-electron chi connectivity index (χ2n) is 4.29. The Kier molecular flexibility index (Phi) is 4.51. The van der Waals surface area contributed by atoms with E-state index < -0.39 is 0 Å². The quantitative estimate of drug-likeness (QED) is 0.819.